The zero-order chi connectivity index (χ0) is 10.7. The predicted molar refractivity (Wildman–Crippen MR) is 58.4 cm³/mol. The van der Waals surface area contributed by atoms with Gasteiger partial charge in [0.05, 0.1) is 6.07 Å². The highest BCUT2D eigenvalue weighted by molar-refractivity contribution is 5.48. The molecule has 2 rings (SSSR count). The summed E-state index contributed by atoms with van der Waals surface area (Å²) in [5.41, 5.74) is 7.67. The molecule has 0 radical (unpaired) electrons. The summed E-state index contributed by atoms with van der Waals surface area (Å²) in [4.78, 5) is 0. The van der Waals surface area contributed by atoms with Crippen LogP contribution in [-0.2, 0) is 6.42 Å². The number of nitrogen functional groups attached to an aromatic ring is 1. The first-order chi connectivity index (χ1) is 7.29. The number of nitrogens with two attached hydrogens (primary N) is 1. The lowest BCUT2D eigenvalue weighted by Crippen LogP contribution is -2.22. The maximum atomic E-state index is 8.51. The van der Waals surface area contributed by atoms with Crippen LogP contribution in [0.15, 0.2) is 18.2 Å². The molecule has 2 N–H and O–H groups in total. The van der Waals surface area contributed by atoms with Crippen molar-refractivity contribution in [2.45, 2.75) is 31.8 Å². The number of nitrogens with zero attached hydrogens (tertiary/aromatic N) is 1. The van der Waals surface area contributed by atoms with E-state index < -0.39 is 0 Å². The van der Waals surface area contributed by atoms with Crippen LogP contribution in [0.5, 0.6) is 5.75 Å². The number of rotatable bonds is 2. The molecule has 1 heterocycles. The van der Waals surface area contributed by atoms with Crippen molar-refractivity contribution in [2.75, 3.05) is 5.73 Å². The molecule has 15 heavy (non-hydrogen) atoms. The van der Waals surface area contributed by atoms with Gasteiger partial charge in [-0.3, -0.25) is 0 Å². The number of hydrogen-bond donors (Lipinski definition) is 1. The number of anilines is 1. The first-order valence-electron chi connectivity index (χ1n) is 5.21. The van der Waals surface area contributed by atoms with Gasteiger partial charge in [-0.15, -0.1) is 0 Å². The van der Waals surface area contributed by atoms with Gasteiger partial charge in [-0.25, -0.2) is 0 Å². The van der Waals surface area contributed by atoms with Gasteiger partial charge in [0.2, 0.25) is 0 Å². The molecule has 0 saturated carbocycles. The van der Waals surface area contributed by atoms with Gasteiger partial charge in [-0.2, -0.15) is 5.26 Å². The van der Waals surface area contributed by atoms with E-state index in [4.69, 9.17) is 15.7 Å². The van der Waals surface area contributed by atoms with Crippen molar-refractivity contribution >= 4 is 5.69 Å². The predicted octanol–water partition coefficient (Wildman–Crippen LogP) is 2.27. The summed E-state index contributed by atoms with van der Waals surface area (Å²) >= 11 is 0. The topological polar surface area (TPSA) is 59.0 Å². The molecule has 78 valence electrons. The third kappa shape index (κ3) is 2.21. The molecule has 0 amide bonds. The van der Waals surface area contributed by atoms with Crippen LogP contribution in [0.4, 0.5) is 5.69 Å². The fourth-order valence-electron chi connectivity index (χ4n) is 1.89. The molecule has 0 aliphatic carbocycles. The third-order valence-corrected chi connectivity index (χ3v) is 2.69. The van der Waals surface area contributed by atoms with E-state index in [-0.39, 0.29) is 6.10 Å². The average molecular weight is 202 g/mol. The second kappa shape index (κ2) is 4.22. The fraction of sp³-hybridized carbons (Fsp3) is 0.417. The fourth-order valence-corrected chi connectivity index (χ4v) is 1.89. The lowest BCUT2D eigenvalue weighted by molar-refractivity contribution is 0.165. The molecule has 0 saturated heterocycles. The minimum Gasteiger partial charge on any atom is -0.490 e. The molecule has 0 bridgehead atoms. The number of aryl methyl sites for hydroxylation is 1. The van der Waals surface area contributed by atoms with Gasteiger partial charge >= 0.3 is 0 Å². The molecule has 0 unspecified atom stereocenters. The summed E-state index contributed by atoms with van der Waals surface area (Å²) in [7, 11) is 0. The zero-order valence-corrected chi connectivity index (χ0v) is 8.57. The van der Waals surface area contributed by atoms with Crippen molar-refractivity contribution in [2.24, 2.45) is 0 Å². The molecule has 1 atom stereocenters. The second-order valence-corrected chi connectivity index (χ2v) is 3.84. The van der Waals surface area contributed by atoms with Crippen molar-refractivity contribution in [3.8, 4) is 11.8 Å². The Morgan fingerprint density at radius 2 is 2.40 bits per heavy atom. The lowest BCUT2D eigenvalue weighted by atomic mass is 9.99. The Balaban J connectivity index is 2.07. The highest BCUT2D eigenvalue weighted by atomic mass is 16.5. The Morgan fingerprint density at radius 3 is 3.20 bits per heavy atom. The number of nitriles is 1. The van der Waals surface area contributed by atoms with E-state index in [1.807, 2.05) is 18.2 Å². The SMILES string of the molecule is N#CCC[C@H]1CCc2cc(N)ccc2O1. The van der Waals surface area contributed by atoms with Crippen LogP contribution in [0.1, 0.15) is 24.8 Å². The normalized spacial score (nSPS) is 18.7. The molecule has 1 aliphatic rings. The molecular weight excluding hydrogens is 188 g/mol. The summed E-state index contributed by atoms with van der Waals surface area (Å²) in [5, 5.41) is 8.51. The lowest BCUT2D eigenvalue weighted by Gasteiger charge is -2.25. The van der Waals surface area contributed by atoms with Gasteiger partial charge in [-0.05, 0) is 43.0 Å². The Morgan fingerprint density at radius 1 is 1.53 bits per heavy atom. The van der Waals surface area contributed by atoms with Gasteiger partial charge in [-0.1, -0.05) is 0 Å². The van der Waals surface area contributed by atoms with Crippen molar-refractivity contribution in [3.05, 3.63) is 23.8 Å². The minimum absolute atomic E-state index is 0.195. The second-order valence-electron chi connectivity index (χ2n) is 3.84. The molecule has 1 aromatic rings. The Bertz CT molecular complexity index is 395. The summed E-state index contributed by atoms with van der Waals surface area (Å²) in [6.07, 6.45) is 3.56. The monoisotopic (exact) mass is 202 g/mol. The number of benzene rings is 1. The summed E-state index contributed by atoms with van der Waals surface area (Å²) < 4.78 is 5.78. The van der Waals surface area contributed by atoms with Gasteiger partial charge < -0.3 is 10.5 Å². The minimum atomic E-state index is 0.195. The van der Waals surface area contributed by atoms with Crippen molar-refractivity contribution < 1.29 is 4.74 Å². The van der Waals surface area contributed by atoms with Gasteiger partial charge in [0, 0.05) is 12.1 Å². The summed E-state index contributed by atoms with van der Waals surface area (Å²) in [5.74, 6) is 0.929. The third-order valence-electron chi connectivity index (χ3n) is 2.69. The molecule has 3 nitrogen and oxygen atoms in total. The molecule has 1 aliphatic heterocycles. The highest BCUT2D eigenvalue weighted by Gasteiger charge is 2.19. The van der Waals surface area contributed by atoms with Crippen LogP contribution in [0, 0.1) is 11.3 Å². The van der Waals surface area contributed by atoms with Gasteiger partial charge in [0.25, 0.3) is 0 Å². The van der Waals surface area contributed by atoms with Crippen LogP contribution in [0.25, 0.3) is 0 Å². The standard InChI is InChI=1S/C12H14N2O/c13-7-1-2-11-5-3-9-8-10(14)4-6-12(9)15-11/h4,6,8,11H,1-3,5,14H2/t11-/m0/s1. The number of fused-ring (bicyclic) bond motifs is 1. The zero-order valence-electron chi connectivity index (χ0n) is 8.57. The average Bonchev–Trinajstić information content (AvgIpc) is 2.26. The van der Waals surface area contributed by atoms with E-state index in [2.05, 4.69) is 6.07 Å². The van der Waals surface area contributed by atoms with Crippen LogP contribution in [-0.4, -0.2) is 6.10 Å². The molecule has 0 spiro atoms. The van der Waals surface area contributed by atoms with Crippen molar-refractivity contribution in [1.82, 2.24) is 0 Å². The van der Waals surface area contributed by atoms with Crippen LogP contribution in [0.2, 0.25) is 0 Å². The Hall–Kier alpha value is -1.69. The molecule has 0 aromatic heterocycles. The smallest absolute Gasteiger partial charge is 0.123 e. The van der Waals surface area contributed by atoms with E-state index in [9.17, 15) is 0 Å². The highest BCUT2D eigenvalue weighted by Crippen LogP contribution is 2.30. The number of hydrogen-bond acceptors (Lipinski definition) is 3. The molecule has 0 fully saturated rings. The summed E-state index contributed by atoms with van der Waals surface area (Å²) in [6.45, 7) is 0. The van der Waals surface area contributed by atoms with E-state index in [1.165, 1.54) is 5.56 Å². The van der Waals surface area contributed by atoms with E-state index in [1.54, 1.807) is 0 Å². The maximum absolute atomic E-state index is 8.51. The van der Waals surface area contributed by atoms with E-state index in [0.29, 0.717) is 6.42 Å². The summed E-state index contributed by atoms with van der Waals surface area (Å²) in [6, 6.07) is 7.89. The maximum Gasteiger partial charge on any atom is 0.123 e. The molecule has 3 heteroatoms. The van der Waals surface area contributed by atoms with Gasteiger partial charge in [0.15, 0.2) is 0 Å². The molecular formula is C12H14N2O. The van der Waals surface area contributed by atoms with Crippen LogP contribution in [0.3, 0.4) is 0 Å². The Labute approximate surface area is 89.5 Å². The van der Waals surface area contributed by atoms with Crippen molar-refractivity contribution in [3.63, 3.8) is 0 Å². The number of ether oxygens (including phenoxy) is 1. The van der Waals surface area contributed by atoms with Gasteiger partial charge in [0.1, 0.15) is 11.9 Å². The first-order valence-corrected chi connectivity index (χ1v) is 5.21. The first kappa shape index (κ1) is 9.85. The largest absolute Gasteiger partial charge is 0.490 e. The van der Waals surface area contributed by atoms with E-state index in [0.717, 1.165) is 30.7 Å². The van der Waals surface area contributed by atoms with Crippen molar-refractivity contribution in [1.29, 1.82) is 5.26 Å². The van der Waals surface area contributed by atoms with Crippen LogP contribution >= 0.6 is 0 Å². The van der Waals surface area contributed by atoms with Crippen LogP contribution < -0.4 is 10.5 Å². The quantitative estimate of drug-likeness (QED) is 0.748. The molecule has 1 aromatic carbocycles. The van der Waals surface area contributed by atoms with E-state index >= 15 is 0 Å². The Kier molecular flexibility index (Phi) is 2.77.